The zero-order valence-electron chi connectivity index (χ0n) is 18.8. The van der Waals surface area contributed by atoms with E-state index in [0.29, 0.717) is 9.90 Å². The Bertz CT molecular complexity index is 1430. The topological polar surface area (TPSA) is 98.4 Å². The molecule has 1 aromatic carbocycles. The summed E-state index contributed by atoms with van der Waals surface area (Å²) >= 11 is 2.83. The second-order valence-electron chi connectivity index (χ2n) is 8.38. The first kappa shape index (κ1) is 23.0. The van der Waals surface area contributed by atoms with Crippen molar-refractivity contribution in [2.24, 2.45) is 0 Å². The van der Waals surface area contributed by atoms with Crippen molar-refractivity contribution in [2.45, 2.75) is 30.1 Å². The van der Waals surface area contributed by atoms with Crippen LogP contribution in [0.15, 0.2) is 52.2 Å². The van der Waals surface area contributed by atoms with Crippen LogP contribution in [0, 0.1) is 0 Å². The molecule has 1 unspecified atom stereocenters. The van der Waals surface area contributed by atoms with Crippen LogP contribution < -0.4 is 9.62 Å². The number of nitrogens with zero attached hydrogens (tertiary/aromatic N) is 3. The van der Waals surface area contributed by atoms with E-state index < -0.39 is 10.0 Å². The standard InChI is InChI=1S/C23H25N5O3S3/c1-15(29)25-17-8-9-28(13-17)14-18-12-24-23(33-18)19-11-16-5-3-6-20(22(16)26-19)27(2)34(30,31)21-7-4-10-32-21/h3-7,10-12,17,26H,8-9,13-14H2,1-2H3,(H,25,29). The number of aromatic nitrogens is 2. The Hall–Kier alpha value is -2.73. The van der Waals surface area contributed by atoms with Crippen molar-refractivity contribution in [1.29, 1.82) is 0 Å². The van der Waals surface area contributed by atoms with E-state index >= 15 is 0 Å². The Balaban J connectivity index is 1.37. The Morgan fingerprint density at radius 1 is 1.32 bits per heavy atom. The summed E-state index contributed by atoms with van der Waals surface area (Å²) in [6.07, 6.45) is 2.85. The number of para-hydroxylation sites is 1. The zero-order valence-corrected chi connectivity index (χ0v) is 21.3. The molecule has 178 valence electrons. The predicted molar refractivity (Wildman–Crippen MR) is 137 cm³/mol. The molecule has 3 aromatic heterocycles. The lowest BCUT2D eigenvalue weighted by molar-refractivity contribution is -0.119. The van der Waals surface area contributed by atoms with Crippen LogP contribution in [0.25, 0.3) is 21.6 Å². The van der Waals surface area contributed by atoms with E-state index in [4.69, 9.17) is 0 Å². The van der Waals surface area contributed by atoms with Crippen molar-refractivity contribution in [3.63, 3.8) is 0 Å². The second-order valence-corrected chi connectivity index (χ2v) is 12.6. The monoisotopic (exact) mass is 515 g/mol. The molecule has 0 saturated carbocycles. The fourth-order valence-corrected chi connectivity index (χ4v) is 7.59. The molecule has 0 spiro atoms. The molecule has 1 aliphatic rings. The third-order valence-corrected chi connectivity index (χ3v) is 10.1. The molecule has 11 heteroatoms. The number of anilines is 1. The largest absolute Gasteiger partial charge is 0.352 e. The number of carbonyl (C=O) groups is 1. The molecule has 1 aliphatic heterocycles. The van der Waals surface area contributed by atoms with Gasteiger partial charge in [0.15, 0.2) is 0 Å². The number of benzene rings is 1. The third-order valence-electron chi connectivity index (χ3n) is 5.93. The van der Waals surface area contributed by atoms with Gasteiger partial charge in [-0.15, -0.1) is 22.7 Å². The van der Waals surface area contributed by atoms with Crippen LogP contribution >= 0.6 is 22.7 Å². The number of aromatic amines is 1. The molecule has 5 rings (SSSR count). The van der Waals surface area contributed by atoms with E-state index in [9.17, 15) is 13.2 Å². The summed E-state index contributed by atoms with van der Waals surface area (Å²) in [6, 6.07) is 11.2. The highest BCUT2D eigenvalue weighted by atomic mass is 32.2. The van der Waals surface area contributed by atoms with Crippen molar-refractivity contribution in [3.05, 3.63) is 52.9 Å². The number of sulfonamides is 1. The van der Waals surface area contributed by atoms with Gasteiger partial charge in [0, 0.05) is 56.1 Å². The molecule has 0 bridgehead atoms. The van der Waals surface area contributed by atoms with Gasteiger partial charge in [0.25, 0.3) is 10.0 Å². The zero-order chi connectivity index (χ0) is 23.9. The number of likely N-dealkylation sites (tertiary alicyclic amines) is 1. The molecule has 34 heavy (non-hydrogen) atoms. The Morgan fingerprint density at radius 3 is 2.94 bits per heavy atom. The molecule has 0 aliphatic carbocycles. The van der Waals surface area contributed by atoms with Crippen LogP contribution in [-0.4, -0.2) is 55.4 Å². The maximum atomic E-state index is 13.0. The molecule has 2 N–H and O–H groups in total. The number of carbonyl (C=O) groups excluding carboxylic acids is 1. The first-order valence-corrected chi connectivity index (χ1v) is 14.0. The number of hydrogen-bond acceptors (Lipinski definition) is 7. The number of rotatable bonds is 7. The van der Waals surface area contributed by atoms with Gasteiger partial charge in [0.2, 0.25) is 5.91 Å². The summed E-state index contributed by atoms with van der Waals surface area (Å²) in [7, 11) is -2.05. The fraction of sp³-hybridized carbons (Fsp3) is 0.304. The number of hydrogen-bond donors (Lipinski definition) is 2. The highest BCUT2D eigenvalue weighted by Crippen LogP contribution is 2.35. The van der Waals surface area contributed by atoms with Crippen LogP contribution in [-0.2, 0) is 21.4 Å². The van der Waals surface area contributed by atoms with Gasteiger partial charge in [0.1, 0.15) is 9.22 Å². The van der Waals surface area contributed by atoms with Crippen molar-refractivity contribution in [1.82, 2.24) is 20.2 Å². The van der Waals surface area contributed by atoms with Crippen molar-refractivity contribution < 1.29 is 13.2 Å². The number of fused-ring (bicyclic) bond motifs is 1. The first-order valence-electron chi connectivity index (χ1n) is 10.9. The average molecular weight is 516 g/mol. The number of nitrogens with one attached hydrogen (secondary N) is 2. The van der Waals surface area contributed by atoms with E-state index in [2.05, 4.69) is 20.2 Å². The summed E-state index contributed by atoms with van der Waals surface area (Å²) < 4.78 is 27.7. The molecule has 1 atom stereocenters. The van der Waals surface area contributed by atoms with Crippen LogP contribution in [0.1, 0.15) is 18.2 Å². The summed E-state index contributed by atoms with van der Waals surface area (Å²) in [5.74, 6) is 0.0129. The normalized spacial score (nSPS) is 16.8. The molecular weight excluding hydrogens is 490 g/mol. The lowest BCUT2D eigenvalue weighted by Crippen LogP contribution is -2.35. The maximum absolute atomic E-state index is 13.0. The minimum Gasteiger partial charge on any atom is -0.352 e. The summed E-state index contributed by atoms with van der Waals surface area (Å²) in [5, 5.41) is 6.54. The Morgan fingerprint density at radius 2 is 2.18 bits per heavy atom. The number of amides is 1. The van der Waals surface area contributed by atoms with Crippen LogP contribution in [0.5, 0.6) is 0 Å². The van der Waals surface area contributed by atoms with Gasteiger partial charge in [-0.05, 0) is 30.0 Å². The lowest BCUT2D eigenvalue weighted by Gasteiger charge is -2.19. The van der Waals surface area contributed by atoms with Gasteiger partial charge in [-0.2, -0.15) is 0 Å². The van der Waals surface area contributed by atoms with Gasteiger partial charge in [-0.3, -0.25) is 14.0 Å². The van der Waals surface area contributed by atoms with Crippen LogP contribution in [0.3, 0.4) is 0 Å². The molecule has 4 aromatic rings. The first-order chi connectivity index (χ1) is 16.3. The lowest BCUT2D eigenvalue weighted by atomic mass is 10.2. The Kier molecular flexibility index (Phi) is 6.19. The minimum absolute atomic E-state index is 0.0129. The van der Waals surface area contributed by atoms with E-state index in [1.807, 2.05) is 24.4 Å². The summed E-state index contributed by atoms with van der Waals surface area (Å²) in [5.41, 5.74) is 2.21. The SMILES string of the molecule is CC(=O)NC1CCN(Cc2cnc(-c3cc4cccc(N(C)S(=O)(=O)c5cccs5)c4[nH]3)s2)C1. The highest BCUT2D eigenvalue weighted by molar-refractivity contribution is 7.94. The van der Waals surface area contributed by atoms with Crippen molar-refractivity contribution in [2.75, 3.05) is 24.4 Å². The van der Waals surface area contributed by atoms with E-state index in [-0.39, 0.29) is 11.9 Å². The molecule has 8 nitrogen and oxygen atoms in total. The van der Waals surface area contributed by atoms with Gasteiger partial charge in [-0.1, -0.05) is 18.2 Å². The van der Waals surface area contributed by atoms with Crippen molar-refractivity contribution in [3.8, 4) is 10.7 Å². The smallest absolute Gasteiger partial charge is 0.273 e. The number of thiophene rings is 1. The van der Waals surface area contributed by atoms with E-state index in [0.717, 1.165) is 52.5 Å². The summed E-state index contributed by atoms with van der Waals surface area (Å²) in [6.45, 7) is 4.13. The van der Waals surface area contributed by atoms with Gasteiger partial charge in [-0.25, -0.2) is 13.4 Å². The van der Waals surface area contributed by atoms with Crippen LogP contribution in [0.2, 0.25) is 0 Å². The maximum Gasteiger partial charge on any atom is 0.273 e. The molecule has 0 radical (unpaired) electrons. The average Bonchev–Trinajstić information content (AvgIpc) is 3.58. The summed E-state index contributed by atoms with van der Waals surface area (Å²) in [4.78, 5) is 22.8. The molecular formula is C23H25N5O3S3. The van der Waals surface area contributed by atoms with Crippen molar-refractivity contribution >= 4 is 55.2 Å². The quantitative estimate of drug-likeness (QED) is 0.389. The number of thiazole rings is 1. The molecule has 1 amide bonds. The predicted octanol–water partition coefficient (Wildman–Crippen LogP) is 3.89. The van der Waals surface area contributed by atoms with Gasteiger partial charge < -0.3 is 10.3 Å². The fourth-order valence-electron chi connectivity index (χ4n) is 4.30. The molecule has 4 heterocycles. The van der Waals surface area contributed by atoms with Crippen LogP contribution in [0.4, 0.5) is 5.69 Å². The van der Waals surface area contributed by atoms with Gasteiger partial charge >= 0.3 is 0 Å². The molecule has 1 saturated heterocycles. The molecule has 1 fully saturated rings. The van der Waals surface area contributed by atoms with E-state index in [1.165, 1.54) is 15.6 Å². The highest BCUT2D eigenvalue weighted by Gasteiger charge is 2.25. The second kappa shape index (κ2) is 9.14. The third kappa shape index (κ3) is 4.48. The Labute approximate surface area is 206 Å². The number of H-pyrrole nitrogens is 1. The minimum atomic E-state index is -3.63. The van der Waals surface area contributed by atoms with E-state index in [1.54, 1.807) is 48.9 Å². The van der Waals surface area contributed by atoms with Gasteiger partial charge in [0.05, 0.1) is 16.9 Å².